The molecule has 22 nitrogen and oxygen atoms in total. The van der Waals surface area contributed by atoms with Gasteiger partial charge >= 0.3 is 23.9 Å². The molecular formula is C51H66Br4N4O18. The van der Waals surface area contributed by atoms with Crippen molar-refractivity contribution in [2.75, 3.05) is 131 Å². The zero-order valence-electron chi connectivity index (χ0n) is 43.9. The largest absolute Gasteiger partial charge is 0.456 e. The predicted octanol–water partition coefficient (Wildman–Crippen LogP) is 9.87. The summed E-state index contributed by atoms with van der Waals surface area (Å²) in [5.41, 5.74) is 5.87. The van der Waals surface area contributed by atoms with Gasteiger partial charge in [0.15, 0.2) is 11.5 Å². The topological polar surface area (TPSA) is 266 Å². The summed E-state index contributed by atoms with van der Waals surface area (Å²) in [5.74, 6) is -4.41. The van der Waals surface area contributed by atoms with Crippen LogP contribution in [0.4, 0.5) is 5.69 Å². The highest BCUT2D eigenvalue weighted by Crippen LogP contribution is 2.37. The number of azide groups is 1. The molecule has 26 heteroatoms. The average Bonchev–Trinajstić information content (AvgIpc) is 3.34. The van der Waals surface area contributed by atoms with Crippen LogP contribution in [0.2, 0.25) is 0 Å². The predicted molar refractivity (Wildman–Crippen MR) is 295 cm³/mol. The molecule has 3 aromatic carbocycles. The Morgan fingerprint density at radius 3 is 1.12 bits per heavy atom. The number of carbonyl (C=O) groups excluding carboxylic acids is 5. The van der Waals surface area contributed by atoms with Gasteiger partial charge in [-0.1, -0.05) is 37.0 Å². The van der Waals surface area contributed by atoms with Crippen molar-refractivity contribution >= 4 is 99.2 Å². The van der Waals surface area contributed by atoms with Crippen molar-refractivity contribution in [2.45, 2.75) is 59.2 Å². The van der Waals surface area contributed by atoms with Crippen LogP contribution in [-0.4, -0.2) is 166 Å². The summed E-state index contributed by atoms with van der Waals surface area (Å²) in [7, 11) is 0. The van der Waals surface area contributed by atoms with Gasteiger partial charge in [-0.15, -0.1) is 0 Å². The van der Waals surface area contributed by atoms with Crippen LogP contribution in [-0.2, 0) is 56.9 Å². The fourth-order valence-electron chi connectivity index (χ4n) is 5.94. The zero-order chi connectivity index (χ0) is 56.6. The van der Waals surface area contributed by atoms with Gasteiger partial charge in [0.1, 0.15) is 22.3 Å². The minimum Gasteiger partial charge on any atom is -0.456 e. The number of esters is 4. The van der Waals surface area contributed by atoms with Gasteiger partial charge < -0.3 is 66.9 Å². The molecule has 426 valence electrons. The number of amides is 1. The second kappa shape index (κ2) is 36.9. The molecule has 0 heterocycles. The molecule has 1 N–H and O–H groups in total. The Balaban J connectivity index is 1.43. The Labute approximate surface area is 481 Å². The van der Waals surface area contributed by atoms with E-state index in [4.69, 9.17) is 67.1 Å². The summed E-state index contributed by atoms with van der Waals surface area (Å²) >= 11 is 13.4. The van der Waals surface area contributed by atoms with Gasteiger partial charge in [0.2, 0.25) is 5.91 Å². The molecule has 0 aliphatic heterocycles. The molecule has 0 aliphatic carbocycles. The second-order valence-electron chi connectivity index (χ2n) is 17.9. The van der Waals surface area contributed by atoms with Crippen LogP contribution in [0.1, 0.15) is 89.4 Å². The van der Waals surface area contributed by atoms with E-state index in [2.05, 4.69) is 79.1 Å². The van der Waals surface area contributed by atoms with Crippen molar-refractivity contribution in [3.8, 4) is 11.5 Å². The molecule has 0 aliphatic rings. The smallest absolute Gasteiger partial charge is 0.343 e. The highest BCUT2D eigenvalue weighted by atomic mass is 79.9. The molecule has 3 rings (SSSR count). The third kappa shape index (κ3) is 29.1. The maximum Gasteiger partial charge on any atom is 0.343 e. The summed E-state index contributed by atoms with van der Waals surface area (Å²) in [4.78, 5) is 70.3. The van der Waals surface area contributed by atoms with Gasteiger partial charge in [0.05, 0.1) is 145 Å². The quantitative estimate of drug-likeness (QED) is 0.0140. The van der Waals surface area contributed by atoms with Crippen LogP contribution >= 0.6 is 63.7 Å². The van der Waals surface area contributed by atoms with E-state index >= 15 is 0 Å². The summed E-state index contributed by atoms with van der Waals surface area (Å²) in [6, 6.07) is 9.75. The monoisotopic (exact) mass is 1340 g/mol. The van der Waals surface area contributed by atoms with E-state index < -0.39 is 41.0 Å². The van der Waals surface area contributed by atoms with E-state index in [1.807, 2.05) is 0 Å². The highest BCUT2D eigenvalue weighted by molar-refractivity contribution is 9.11. The van der Waals surface area contributed by atoms with E-state index in [1.165, 1.54) is 30.3 Å². The van der Waals surface area contributed by atoms with E-state index in [9.17, 15) is 24.0 Å². The first kappa shape index (κ1) is 67.2. The van der Waals surface area contributed by atoms with Crippen molar-refractivity contribution in [2.24, 2.45) is 5.11 Å². The second-order valence-corrected chi connectivity index (χ2v) is 21.4. The molecule has 0 aromatic heterocycles. The van der Waals surface area contributed by atoms with Gasteiger partial charge in [-0.25, -0.2) is 19.2 Å². The molecule has 0 radical (unpaired) electrons. The standard InChI is InChI=1S/C51H66Br4N4O18/c1-50(2,3)76-48(63)39-30-36(52)32-41(54)44(39)74-46(61)34-27-35(47(62)75-45-40(31-37(53)33-42(45)55)49(64)77-51(4,5)6)29-38(28-34)58-43(60)7-9-65-11-13-67-15-17-69-19-21-71-23-25-73-26-24-72-22-20-70-18-16-68-14-12-66-10-8-57-59-56/h27-33H,7-26H2,1-6H3,(H,58,60). The van der Waals surface area contributed by atoms with Gasteiger partial charge in [0, 0.05) is 26.1 Å². The third-order valence-corrected chi connectivity index (χ3v) is 11.3. The fourth-order valence-corrected chi connectivity index (χ4v) is 8.55. The number of hydrogen-bond acceptors (Lipinski definition) is 19. The number of benzene rings is 3. The first-order valence-corrected chi connectivity index (χ1v) is 27.4. The van der Waals surface area contributed by atoms with Crippen molar-refractivity contribution in [1.82, 2.24) is 0 Å². The number of ether oxygens (including phenoxy) is 13. The van der Waals surface area contributed by atoms with E-state index in [0.717, 1.165) is 0 Å². The number of halogens is 4. The normalized spacial score (nSPS) is 11.5. The van der Waals surface area contributed by atoms with E-state index in [-0.39, 0.29) is 74.6 Å². The lowest BCUT2D eigenvalue weighted by atomic mass is 10.1. The molecule has 0 spiro atoms. The lowest BCUT2D eigenvalue weighted by Gasteiger charge is -2.21. The number of nitrogens with zero attached hydrogens (tertiary/aromatic N) is 3. The Morgan fingerprint density at radius 1 is 0.468 bits per heavy atom. The lowest BCUT2D eigenvalue weighted by Crippen LogP contribution is -2.25. The van der Waals surface area contributed by atoms with Crippen LogP contribution < -0.4 is 14.8 Å². The first-order valence-electron chi connectivity index (χ1n) is 24.2. The van der Waals surface area contributed by atoms with Gasteiger partial charge in [-0.05, 0) is 121 Å². The van der Waals surface area contributed by atoms with Crippen molar-refractivity contribution in [3.63, 3.8) is 0 Å². The third-order valence-electron chi connectivity index (χ3n) is 9.18. The SMILES string of the molecule is CC(C)(C)OC(=O)c1cc(Br)cc(Br)c1OC(=O)c1cc(NC(=O)CCOCCOCCOCCOCCOCCOCCOCCOCCOCCN=[N+]=[N-])cc(C(=O)Oc2c(Br)cc(Br)cc2C(=O)OC(C)(C)C)c1. The van der Waals surface area contributed by atoms with Crippen LogP contribution in [0.25, 0.3) is 10.4 Å². The van der Waals surface area contributed by atoms with Crippen molar-refractivity contribution in [3.05, 3.63) is 93.1 Å². The summed E-state index contributed by atoms with van der Waals surface area (Å²) in [6.45, 7) is 17.0. The van der Waals surface area contributed by atoms with Gasteiger partial charge in [-0.3, -0.25) is 4.79 Å². The first-order chi connectivity index (χ1) is 36.7. The molecule has 0 fully saturated rings. The Hall–Kier alpha value is -4.12. The number of rotatable bonds is 37. The highest BCUT2D eigenvalue weighted by Gasteiger charge is 2.28. The summed E-state index contributed by atoms with van der Waals surface area (Å²) in [6.07, 6.45) is -0.109. The van der Waals surface area contributed by atoms with Crippen LogP contribution in [0.15, 0.2) is 65.5 Å². The Bertz CT molecular complexity index is 2300. The zero-order valence-corrected chi connectivity index (χ0v) is 50.2. The van der Waals surface area contributed by atoms with Crippen LogP contribution in [0.5, 0.6) is 11.5 Å². The molecule has 0 atom stereocenters. The average molecular weight is 1340 g/mol. The maximum absolute atomic E-state index is 14.0. The van der Waals surface area contributed by atoms with Crippen LogP contribution in [0.3, 0.4) is 0 Å². The number of carbonyl (C=O) groups is 5. The lowest BCUT2D eigenvalue weighted by molar-refractivity contribution is -0.117. The molecule has 0 unspecified atom stereocenters. The maximum atomic E-state index is 14.0. The molecule has 0 bridgehead atoms. The number of hydrogen-bond donors (Lipinski definition) is 1. The minimum atomic E-state index is -1.01. The van der Waals surface area contributed by atoms with E-state index in [1.54, 1.807) is 53.7 Å². The number of nitrogens with one attached hydrogen (secondary N) is 1. The molecule has 3 aromatic rings. The molecule has 0 saturated heterocycles. The Kier molecular flexibility index (Phi) is 32.2. The molecule has 1 amide bonds. The van der Waals surface area contributed by atoms with Crippen LogP contribution in [0, 0.1) is 0 Å². The molecule has 0 saturated carbocycles. The minimum absolute atomic E-state index is 0.0143. The molecule has 77 heavy (non-hydrogen) atoms. The van der Waals surface area contributed by atoms with Crippen molar-refractivity contribution < 1.29 is 85.6 Å². The van der Waals surface area contributed by atoms with Crippen molar-refractivity contribution in [1.29, 1.82) is 0 Å². The fraction of sp³-hybridized carbons (Fsp3) is 0.549. The van der Waals surface area contributed by atoms with E-state index in [0.29, 0.717) is 115 Å². The Morgan fingerprint density at radius 2 is 0.792 bits per heavy atom. The van der Waals surface area contributed by atoms with Gasteiger partial charge in [-0.2, -0.15) is 0 Å². The molecular weight excluding hydrogens is 1280 g/mol. The summed E-state index contributed by atoms with van der Waals surface area (Å²) in [5, 5.41) is 6.06. The summed E-state index contributed by atoms with van der Waals surface area (Å²) < 4.78 is 73.3. The number of anilines is 1. The van der Waals surface area contributed by atoms with Gasteiger partial charge in [0.25, 0.3) is 0 Å².